The third kappa shape index (κ3) is 12.4. The highest BCUT2D eigenvalue weighted by Gasteiger charge is 2.18. The standard InChI is InChI=1S/C15H30O5/c1-3-5-6-7-8-9-10-11-19-15(14(16)17)20-13-12-18-4-2/h15H,3-13H2,1-2H3,(H,16,17). The highest BCUT2D eigenvalue weighted by molar-refractivity contribution is 5.70. The van der Waals surface area contributed by atoms with Crippen LogP contribution >= 0.6 is 0 Å². The zero-order chi connectivity index (χ0) is 15.1. The monoisotopic (exact) mass is 290 g/mol. The second-order valence-electron chi connectivity index (χ2n) is 4.73. The number of carboxylic acid groups (broad SMARTS) is 1. The quantitative estimate of drug-likeness (QED) is 0.370. The molecule has 0 aliphatic carbocycles. The molecule has 1 atom stereocenters. The van der Waals surface area contributed by atoms with Gasteiger partial charge in [-0.25, -0.2) is 4.79 Å². The Hall–Kier alpha value is -0.650. The molecule has 1 N–H and O–H groups in total. The zero-order valence-corrected chi connectivity index (χ0v) is 12.9. The van der Waals surface area contributed by atoms with E-state index in [2.05, 4.69) is 6.92 Å². The first-order valence-electron chi connectivity index (χ1n) is 7.76. The third-order valence-corrected chi connectivity index (χ3v) is 2.92. The third-order valence-electron chi connectivity index (χ3n) is 2.92. The van der Waals surface area contributed by atoms with E-state index in [0.29, 0.717) is 19.8 Å². The van der Waals surface area contributed by atoms with Crippen molar-refractivity contribution in [2.75, 3.05) is 26.4 Å². The van der Waals surface area contributed by atoms with Crippen LogP contribution in [0.15, 0.2) is 0 Å². The largest absolute Gasteiger partial charge is 0.477 e. The van der Waals surface area contributed by atoms with E-state index in [-0.39, 0.29) is 6.61 Å². The molecule has 120 valence electrons. The lowest BCUT2D eigenvalue weighted by molar-refractivity contribution is -0.192. The molecule has 0 spiro atoms. The van der Waals surface area contributed by atoms with Crippen LogP contribution in [-0.2, 0) is 19.0 Å². The minimum atomic E-state index is -1.17. The average molecular weight is 290 g/mol. The number of ether oxygens (including phenoxy) is 3. The number of carboxylic acids is 1. The van der Waals surface area contributed by atoms with Crippen LogP contribution in [-0.4, -0.2) is 43.8 Å². The van der Waals surface area contributed by atoms with Gasteiger partial charge in [0.25, 0.3) is 6.29 Å². The summed E-state index contributed by atoms with van der Waals surface area (Å²) in [5, 5.41) is 8.94. The molecular weight excluding hydrogens is 260 g/mol. The van der Waals surface area contributed by atoms with Crippen molar-refractivity contribution in [3.8, 4) is 0 Å². The molecule has 0 radical (unpaired) electrons. The van der Waals surface area contributed by atoms with Crippen molar-refractivity contribution < 1.29 is 24.1 Å². The van der Waals surface area contributed by atoms with Gasteiger partial charge in [-0.2, -0.15) is 0 Å². The van der Waals surface area contributed by atoms with Crippen LogP contribution in [0.5, 0.6) is 0 Å². The predicted molar refractivity (Wildman–Crippen MR) is 77.8 cm³/mol. The van der Waals surface area contributed by atoms with Crippen LogP contribution in [0.4, 0.5) is 0 Å². The Morgan fingerprint density at radius 2 is 1.50 bits per heavy atom. The molecule has 0 heterocycles. The Morgan fingerprint density at radius 1 is 0.900 bits per heavy atom. The maximum absolute atomic E-state index is 10.9. The van der Waals surface area contributed by atoms with Crippen molar-refractivity contribution in [1.82, 2.24) is 0 Å². The normalized spacial score (nSPS) is 12.5. The van der Waals surface area contributed by atoms with Crippen molar-refractivity contribution in [3.63, 3.8) is 0 Å². The Morgan fingerprint density at radius 3 is 2.10 bits per heavy atom. The molecule has 0 amide bonds. The first kappa shape index (κ1) is 19.4. The topological polar surface area (TPSA) is 65.0 Å². The van der Waals surface area contributed by atoms with E-state index >= 15 is 0 Å². The van der Waals surface area contributed by atoms with Gasteiger partial charge in [-0.1, -0.05) is 45.4 Å². The van der Waals surface area contributed by atoms with Crippen LogP contribution in [0.25, 0.3) is 0 Å². The molecule has 0 aliphatic heterocycles. The van der Waals surface area contributed by atoms with E-state index in [1.165, 1.54) is 32.1 Å². The van der Waals surface area contributed by atoms with Crippen molar-refractivity contribution in [2.24, 2.45) is 0 Å². The van der Waals surface area contributed by atoms with Gasteiger partial charge < -0.3 is 19.3 Å². The molecule has 0 aromatic heterocycles. The van der Waals surface area contributed by atoms with Crippen molar-refractivity contribution in [1.29, 1.82) is 0 Å². The van der Waals surface area contributed by atoms with Crippen LogP contribution in [0, 0.1) is 0 Å². The van der Waals surface area contributed by atoms with Crippen molar-refractivity contribution in [3.05, 3.63) is 0 Å². The van der Waals surface area contributed by atoms with Crippen LogP contribution in [0.2, 0.25) is 0 Å². The number of rotatable bonds is 15. The highest BCUT2D eigenvalue weighted by atomic mass is 16.7. The second kappa shape index (κ2) is 14.8. The van der Waals surface area contributed by atoms with Gasteiger partial charge in [-0.3, -0.25) is 0 Å². The molecule has 1 unspecified atom stereocenters. The van der Waals surface area contributed by atoms with Crippen LogP contribution in [0.1, 0.15) is 58.8 Å². The molecule has 0 aliphatic rings. The van der Waals surface area contributed by atoms with Gasteiger partial charge in [0.1, 0.15) is 0 Å². The van der Waals surface area contributed by atoms with Gasteiger partial charge in [0, 0.05) is 6.61 Å². The highest BCUT2D eigenvalue weighted by Crippen LogP contribution is 2.07. The summed E-state index contributed by atoms with van der Waals surface area (Å²) in [5.74, 6) is -1.08. The van der Waals surface area contributed by atoms with E-state index in [1.807, 2.05) is 6.92 Å². The lowest BCUT2D eigenvalue weighted by atomic mass is 10.1. The number of hydrogen-bond acceptors (Lipinski definition) is 4. The molecule has 0 saturated heterocycles. The number of unbranched alkanes of at least 4 members (excludes halogenated alkanes) is 6. The molecule has 0 aromatic rings. The van der Waals surface area contributed by atoms with E-state index in [1.54, 1.807) is 0 Å². The van der Waals surface area contributed by atoms with E-state index in [0.717, 1.165) is 12.8 Å². The molecule has 5 nitrogen and oxygen atoms in total. The fourth-order valence-electron chi connectivity index (χ4n) is 1.80. The SMILES string of the molecule is CCCCCCCCCOC(OCCOCC)C(=O)O. The van der Waals surface area contributed by atoms with Gasteiger partial charge >= 0.3 is 5.97 Å². The molecule has 5 heteroatoms. The molecule has 20 heavy (non-hydrogen) atoms. The minimum absolute atomic E-state index is 0.238. The number of aliphatic carboxylic acids is 1. The smallest absolute Gasteiger partial charge is 0.361 e. The first-order chi connectivity index (χ1) is 9.72. The fourth-order valence-corrected chi connectivity index (χ4v) is 1.80. The number of carbonyl (C=O) groups is 1. The summed E-state index contributed by atoms with van der Waals surface area (Å²) < 4.78 is 15.4. The summed E-state index contributed by atoms with van der Waals surface area (Å²) in [6.45, 7) is 5.74. The van der Waals surface area contributed by atoms with Gasteiger partial charge in [0.05, 0.1) is 19.8 Å². The van der Waals surface area contributed by atoms with Gasteiger partial charge in [0.2, 0.25) is 0 Å². The summed E-state index contributed by atoms with van der Waals surface area (Å²) in [6, 6.07) is 0. The molecule has 0 rings (SSSR count). The molecular formula is C15H30O5. The summed E-state index contributed by atoms with van der Waals surface area (Å²) in [7, 11) is 0. The summed E-state index contributed by atoms with van der Waals surface area (Å²) in [6.07, 6.45) is 7.06. The number of hydrogen-bond donors (Lipinski definition) is 1. The first-order valence-corrected chi connectivity index (χ1v) is 7.76. The van der Waals surface area contributed by atoms with Crippen LogP contribution < -0.4 is 0 Å². The predicted octanol–water partition coefficient (Wildman–Crippen LogP) is 3.22. The summed E-state index contributed by atoms with van der Waals surface area (Å²) >= 11 is 0. The maximum Gasteiger partial charge on any atom is 0.361 e. The summed E-state index contributed by atoms with van der Waals surface area (Å²) in [4.78, 5) is 10.9. The Labute approximate surface area is 122 Å². The van der Waals surface area contributed by atoms with E-state index in [4.69, 9.17) is 19.3 Å². The zero-order valence-electron chi connectivity index (χ0n) is 12.9. The molecule has 0 saturated carbocycles. The molecule has 0 aromatic carbocycles. The summed E-state index contributed by atoms with van der Waals surface area (Å²) in [5.41, 5.74) is 0. The van der Waals surface area contributed by atoms with E-state index in [9.17, 15) is 4.79 Å². The Kier molecular flexibility index (Phi) is 14.3. The average Bonchev–Trinajstić information content (AvgIpc) is 2.43. The molecule has 0 bridgehead atoms. The fraction of sp³-hybridized carbons (Fsp3) is 0.933. The lowest BCUT2D eigenvalue weighted by Gasteiger charge is -2.14. The maximum atomic E-state index is 10.9. The van der Waals surface area contributed by atoms with E-state index < -0.39 is 12.3 Å². The minimum Gasteiger partial charge on any atom is -0.477 e. The van der Waals surface area contributed by atoms with Crippen molar-refractivity contribution in [2.45, 2.75) is 65.1 Å². The van der Waals surface area contributed by atoms with Gasteiger partial charge in [0.15, 0.2) is 0 Å². The molecule has 0 fully saturated rings. The lowest BCUT2D eigenvalue weighted by Crippen LogP contribution is -2.29. The van der Waals surface area contributed by atoms with Gasteiger partial charge in [-0.05, 0) is 13.3 Å². The van der Waals surface area contributed by atoms with Crippen LogP contribution in [0.3, 0.4) is 0 Å². The van der Waals surface area contributed by atoms with Crippen molar-refractivity contribution >= 4 is 5.97 Å². The Bertz CT molecular complexity index is 220. The van der Waals surface area contributed by atoms with Gasteiger partial charge in [-0.15, -0.1) is 0 Å². The second-order valence-corrected chi connectivity index (χ2v) is 4.73. The Balaban J connectivity index is 3.48.